The van der Waals surface area contributed by atoms with Gasteiger partial charge in [-0.05, 0) is 12.8 Å². The highest BCUT2D eigenvalue weighted by Crippen LogP contribution is 2.20. The molecule has 1 heterocycles. The number of aliphatic carboxylic acids is 1. The van der Waals surface area contributed by atoms with Gasteiger partial charge in [-0.25, -0.2) is 0 Å². The molecule has 1 fully saturated rings. The number of rotatable bonds is 5. The molecule has 0 aromatic carbocycles. The zero-order valence-electron chi connectivity index (χ0n) is 9.03. The summed E-state index contributed by atoms with van der Waals surface area (Å²) in [6.07, 6.45) is 1.46. The van der Waals surface area contributed by atoms with E-state index in [-0.39, 0.29) is 12.1 Å². The molecule has 1 rings (SSSR count). The highest BCUT2D eigenvalue weighted by atomic mass is 16.5. The van der Waals surface area contributed by atoms with Gasteiger partial charge in [0, 0.05) is 25.3 Å². The summed E-state index contributed by atoms with van der Waals surface area (Å²) in [6, 6.07) is 0. The third-order valence-electron chi connectivity index (χ3n) is 2.96. The standard InChI is InChI=1S/C10H19NO4/c1-8(9(13)14)6-11-10(7-12)2-4-15-5-3-10/h8,11-12H,2-7H2,1H3,(H,13,14). The minimum atomic E-state index is -0.817. The normalized spacial score (nSPS) is 22.3. The average molecular weight is 217 g/mol. The molecule has 0 bridgehead atoms. The Kier molecular flexibility index (Phi) is 4.50. The molecular weight excluding hydrogens is 198 g/mol. The van der Waals surface area contributed by atoms with E-state index in [4.69, 9.17) is 9.84 Å². The van der Waals surface area contributed by atoms with Crippen LogP contribution in [0.15, 0.2) is 0 Å². The maximum absolute atomic E-state index is 10.6. The first-order valence-electron chi connectivity index (χ1n) is 5.26. The van der Waals surface area contributed by atoms with E-state index in [2.05, 4.69) is 5.32 Å². The fourth-order valence-electron chi connectivity index (χ4n) is 1.61. The summed E-state index contributed by atoms with van der Waals surface area (Å²) in [7, 11) is 0. The minimum Gasteiger partial charge on any atom is -0.481 e. The number of carboxylic acids is 1. The third-order valence-corrected chi connectivity index (χ3v) is 2.96. The molecule has 1 aliphatic heterocycles. The van der Waals surface area contributed by atoms with Crippen molar-refractivity contribution in [2.75, 3.05) is 26.4 Å². The second-order valence-corrected chi connectivity index (χ2v) is 4.17. The molecule has 0 aromatic heterocycles. The Morgan fingerprint density at radius 3 is 2.60 bits per heavy atom. The molecule has 0 spiro atoms. The van der Waals surface area contributed by atoms with Gasteiger partial charge in [0.25, 0.3) is 0 Å². The largest absolute Gasteiger partial charge is 0.481 e. The number of aliphatic hydroxyl groups excluding tert-OH is 1. The van der Waals surface area contributed by atoms with Crippen LogP contribution in [-0.2, 0) is 9.53 Å². The Bertz CT molecular complexity index is 213. The van der Waals surface area contributed by atoms with E-state index >= 15 is 0 Å². The van der Waals surface area contributed by atoms with Gasteiger partial charge in [-0.2, -0.15) is 0 Å². The highest BCUT2D eigenvalue weighted by Gasteiger charge is 2.32. The second kappa shape index (κ2) is 5.44. The lowest BCUT2D eigenvalue weighted by molar-refractivity contribution is -0.141. The van der Waals surface area contributed by atoms with Gasteiger partial charge in [0.1, 0.15) is 0 Å². The lowest BCUT2D eigenvalue weighted by Crippen LogP contribution is -2.53. The van der Waals surface area contributed by atoms with Crippen LogP contribution in [0.25, 0.3) is 0 Å². The van der Waals surface area contributed by atoms with E-state index in [9.17, 15) is 9.90 Å². The van der Waals surface area contributed by atoms with E-state index in [1.54, 1.807) is 6.92 Å². The molecule has 0 amide bonds. The zero-order valence-corrected chi connectivity index (χ0v) is 9.03. The summed E-state index contributed by atoms with van der Waals surface area (Å²) < 4.78 is 5.21. The Balaban J connectivity index is 2.42. The Morgan fingerprint density at radius 1 is 1.53 bits per heavy atom. The van der Waals surface area contributed by atoms with Crippen molar-refractivity contribution in [1.29, 1.82) is 0 Å². The number of nitrogens with one attached hydrogen (secondary N) is 1. The SMILES string of the molecule is CC(CNC1(CO)CCOCC1)C(=O)O. The number of aliphatic hydroxyl groups is 1. The van der Waals surface area contributed by atoms with Crippen molar-refractivity contribution in [3.63, 3.8) is 0 Å². The molecule has 0 aliphatic carbocycles. The van der Waals surface area contributed by atoms with Crippen molar-refractivity contribution in [3.8, 4) is 0 Å². The third kappa shape index (κ3) is 3.44. The van der Waals surface area contributed by atoms with Gasteiger partial charge in [-0.1, -0.05) is 6.92 Å². The quantitative estimate of drug-likeness (QED) is 0.596. The Labute approximate surface area is 89.4 Å². The molecule has 0 saturated carbocycles. The van der Waals surface area contributed by atoms with Gasteiger partial charge in [-0.3, -0.25) is 4.79 Å². The number of hydrogen-bond donors (Lipinski definition) is 3. The van der Waals surface area contributed by atoms with Crippen molar-refractivity contribution >= 4 is 5.97 Å². The summed E-state index contributed by atoms with van der Waals surface area (Å²) in [5.74, 6) is -1.25. The van der Waals surface area contributed by atoms with Crippen LogP contribution in [0.3, 0.4) is 0 Å². The molecule has 5 nitrogen and oxygen atoms in total. The summed E-state index contributed by atoms with van der Waals surface area (Å²) in [6.45, 7) is 3.31. The molecule has 0 radical (unpaired) electrons. The Morgan fingerprint density at radius 2 is 2.13 bits per heavy atom. The van der Waals surface area contributed by atoms with Gasteiger partial charge in [0.15, 0.2) is 0 Å². The van der Waals surface area contributed by atoms with Gasteiger partial charge in [-0.15, -0.1) is 0 Å². The van der Waals surface area contributed by atoms with Crippen molar-refractivity contribution < 1.29 is 19.7 Å². The molecule has 1 aliphatic rings. The predicted octanol–water partition coefficient (Wildman–Crippen LogP) is -0.162. The summed E-state index contributed by atoms with van der Waals surface area (Å²) >= 11 is 0. The maximum Gasteiger partial charge on any atom is 0.307 e. The highest BCUT2D eigenvalue weighted by molar-refractivity contribution is 5.69. The molecular formula is C10H19NO4. The minimum absolute atomic E-state index is 0.0305. The van der Waals surface area contributed by atoms with Crippen LogP contribution >= 0.6 is 0 Å². The fourth-order valence-corrected chi connectivity index (χ4v) is 1.61. The first kappa shape index (κ1) is 12.4. The van der Waals surface area contributed by atoms with Gasteiger partial charge in [0.2, 0.25) is 0 Å². The van der Waals surface area contributed by atoms with Crippen molar-refractivity contribution in [2.24, 2.45) is 5.92 Å². The lowest BCUT2D eigenvalue weighted by atomic mass is 9.90. The van der Waals surface area contributed by atoms with E-state index < -0.39 is 11.9 Å². The number of ether oxygens (including phenoxy) is 1. The van der Waals surface area contributed by atoms with Crippen LogP contribution in [0.4, 0.5) is 0 Å². The van der Waals surface area contributed by atoms with E-state index in [1.807, 2.05) is 0 Å². The van der Waals surface area contributed by atoms with Gasteiger partial charge >= 0.3 is 5.97 Å². The van der Waals surface area contributed by atoms with E-state index in [1.165, 1.54) is 0 Å². The molecule has 15 heavy (non-hydrogen) atoms. The first-order chi connectivity index (χ1) is 7.09. The first-order valence-corrected chi connectivity index (χ1v) is 5.26. The summed E-state index contributed by atoms with van der Waals surface area (Å²) in [5, 5.41) is 21.2. The fraction of sp³-hybridized carbons (Fsp3) is 0.900. The molecule has 1 atom stereocenters. The Hall–Kier alpha value is -0.650. The zero-order chi connectivity index (χ0) is 11.3. The summed E-state index contributed by atoms with van der Waals surface area (Å²) in [4.78, 5) is 10.6. The maximum atomic E-state index is 10.6. The molecule has 1 saturated heterocycles. The number of carboxylic acid groups (broad SMARTS) is 1. The van der Waals surface area contributed by atoms with Crippen LogP contribution in [0.1, 0.15) is 19.8 Å². The van der Waals surface area contributed by atoms with Gasteiger partial charge in [0.05, 0.1) is 12.5 Å². The number of hydrogen-bond acceptors (Lipinski definition) is 4. The molecule has 0 aromatic rings. The van der Waals surface area contributed by atoms with Crippen LogP contribution in [-0.4, -0.2) is 48.1 Å². The van der Waals surface area contributed by atoms with Crippen LogP contribution in [0, 0.1) is 5.92 Å². The molecule has 3 N–H and O–H groups in total. The predicted molar refractivity (Wildman–Crippen MR) is 54.7 cm³/mol. The number of carbonyl (C=O) groups is 1. The van der Waals surface area contributed by atoms with E-state index in [0.29, 0.717) is 19.8 Å². The topological polar surface area (TPSA) is 78.8 Å². The van der Waals surface area contributed by atoms with Crippen molar-refractivity contribution in [2.45, 2.75) is 25.3 Å². The van der Waals surface area contributed by atoms with E-state index in [0.717, 1.165) is 12.8 Å². The lowest BCUT2D eigenvalue weighted by Gasteiger charge is -2.37. The monoisotopic (exact) mass is 217 g/mol. The van der Waals surface area contributed by atoms with Crippen LogP contribution in [0.5, 0.6) is 0 Å². The van der Waals surface area contributed by atoms with Crippen molar-refractivity contribution in [1.82, 2.24) is 5.32 Å². The smallest absolute Gasteiger partial charge is 0.307 e. The molecule has 5 heteroatoms. The molecule has 1 unspecified atom stereocenters. The van der Waals surface area contributed by atoms with Crippen LogP contribution < -0.4 is 5.32 Å². The molecule has 88 valence electrons. The summed E-state index contributed by atoms with van der Waals surface area (Å²) in [5.41, 5.74) is -0.345. The van der Waals surface area contributed by atoms with Crippen molar-refractivity contribution in [3.05, 3.63) is 0 Å². The van der Waals surface area contributed by atoms with Crippen LogP contribution in [0.2, 0.25) is 0 Å². The van der Waals surface area contributed by atoms with Gasteiger partial charge < -0.3 is 20.3 Å². The average Bonchev–Trinajstić information content (AvgIpc) is 2.27. The second-order valence-electron chi connectivity index (χ2n) is 4.17.